The van der Waals surface area contributed by atoms with E-state index in [4.69, 9.17) is 11.1 Å². The first kappa shape index (κ1) is 11.7. The molecular formula is C8H6F3N3S. The van der Waals surface area contributed by atoms with Gasteiger partial charge in [-0.15, -0.1) is 0 Å². The lowest BCUT2D eigenvalue weighted by Gasteiger charge is -2.08. The molecule has 3 N–H and O–H groups in total. The van der Waals surface area contributed by atoms with Crippen molar-refractivity contribution in [2.75, 3.05) is 5.43 Å². The van der Waals surface area contributed by atoms with Gasteiger partial charge in [0.15, 0.2) is 0 Å². The molecule has 15 heavy (non-hydrogen) atoms. The van der Waals surface area contributed by atoms with Gasteiger partial charge in [-0.05, 0) is 30.0 Å². The molecule has 0 bridgehead atoms. The van der Waals surface area contributed by atoms with Crippen LogP contribution in [0, 0.1) is 11.3 Å². The molecule has 0 unspecified atom stereocenters. The minimum Gasteiger partial charge on any atom is -0.323 e. The zero-order chi connectivity index (χ0) is 11.5. The number of nitrogens with two attached hydrogens (primary N) is 1. The number of thioether (sulfide) groups is 1. The van der Waals surface area contributed by atoms with Crippen molar-refractivity contribution in [3.8, 4) is 6.07 Å². The van der Waals surface area contributed by atoms with E-state index in [-0.39, 0.29) is 27.9 Å². The van der Waals surface area contributed by atoms with Gasteiger partial charge in [-0.3, -0.25) is 5.84 Å². The third-order valence-corrected chi connectivity index (χ3v) is 2.22. The minimum atomic E-state index is -4.35. The van der Waals surface area contributed by atoms with E-state index < -0.39 is 5.51 Å². The SMILES string of the molecule is N#Cc1ccc(SC(F)(F)F)cc1NN. The summed E-state index contributed by atoms with van der Waals surface area (Å²) in [5.41, 5.74) is -1.81. The molecule has 0 amide bonds. The van der Waals surface area contributed by atoms with Crippen molar-refractivity contribution in [2.45, 2.75) is 10.4 Å². The molecule has 80 valence electrons. The van der Waals surface area contributed by atoms with Gasteiger partial charge in [-0.2, -0.15) is 18.4 Å². The molecule has 0 aliphatic heterocycles. The molecule has 3 nitrogen and oxygen atoms in total. The van der Waals surface area contributed by atoms with Gasteiger partial charge in [-0.1, -0.05) is 0 Å². The number of rotatable bonds is 2. The number of halogens is 3. The monoisotopic (exact) mass is 233 g/mol. The normalized spacial score (nSPS) is 10.9. The van der Waals surface area contributed by atoms with Crippen LogP contribution in [0.2, 0.25) is 0 Å². The second-order valence-corrected chi connectivity index (χ2v) is 3.65. The maximum atomic E-state index is 12.0. The van der Waals surface area contributed by atoms with Crippen molar-refractivity contribution in [3.05, 3.63) is 23.8 Å². The zero-order valence-electron chi connectivity index (χ0n) is 7.30. The summed E-state index contributed by atoms with van der Waals surface area (Å²) < 4.78 is 36.0. The fourth-order valence-electron chi connectivity index (χ4n) is 0.937. The van der Waals surface area contributed by atoms with Crippen LogP contribution in [-0.2, 0) is 0 Å². The van der Waals surface area contributed by atoms with E-state index in [0.717, 1.165) is 0 Å². The number of nitriles is 1. The molecule has 0 aliphatic rings. The third-order valence-electron chi connectivity index (χ3n) is 1.50. The Bertz CT molecular complexity index is 397. The zero-order valence-corrected chi connectivity index (χ0v) is 8.12. The Kier molecular flexibility index (Phi) is 3.44. The molecule has 1 aromatic carbocycles. The van der Waals surface area contributed by atoms with Crippen LogP contribution < -0.4 is 11.3 Å². The standard InChI is InChI=1S/C8H6F3N3S/c9-8(10,11)15-6-2-1-5(4-12)7(3-6)14-13/h1-3,14H,13H2. The minimum absolute atomic E-state index is 0.0190. The van der Waals surface area contributed by atoms with E-state index >= 15 is 0 Å². The van der Waals surface area contributed by atoms with Gasteiger partial charge in [0, 0.05) is 4.90 Å². The fraction of sp³-hybridized carbons (Fsp3) is 0.125. The van der Waals surface area contributed by atoms with Crippen LogP contribution >= 0.6 is 11.8 Å². The van der Waals surface area contributed by atoms with Crippen molar-refractivity contribution in [3.63, 3.8) is 0 Å². The Morgan fingerprint density at radius 3 is 2.53 bits per heavy atom. The summed E-state index contributed by atoms with van der Waals surface area (Å²) in [5, 5.41) is 8.60. The summed E-state index contributed by atoms with van der Waals surface area (Å²) in [5.74, 6) is 5.07. The maximum Gasteiger partial charge on any atom is 0.446 e. The highest BCUT2D eigenvalue weighted by Crippen LogP contribution is 2.38. The van der Waals surface area contributed by atoms with Crippen LogP contribution in [0.3, 0.4) is 0 Å². The highest BCUT2D eigenvalue weighted by atomic mass is 32.2. The molecule has 1 rings (SSSR count). The Hall–Kier alpha value is -1.39. The van der Waals surface area contributed by atoms with Crippen molar-refractivity contribution in [2.24, 2.45) is 5.84 Å². The number of hydrazine groups is 1. The molecule has 0 atom stereocenters. The average molecular weight is 233 g/mol. The summed E-state index contributed by atoms with van der Waals surface area (Å²) in [6.07, 6.45) is 0. The molecule has 0 heterocycles. The number of nitrogens with one attached hydrogen (secondary N) is 1. The highest BCUT2D eigenvalue weighted by Gasteiger charge is 2.29. The van der Waals surface area contributed by atoms with Crippen LogP contribution in [-0.4, -0.2) is 5.51 Å². The lowest BCUT2D eigenvalue weighted by molar-refractivity contribution is -0.0328. The predicted octanol–water partition coefficient (Wildman–Crippen LogP) is 2.46. The van der Waals surface area contributed by atoms with Crippen molar-refractivity contribution >= 4 is 17.4 Å². The van der Waals surface area contributed by atoms with Gasteiger partial charge in [0.2, 0.25) is 0 Å². The topological polar surface area (TPSA) is 61.8 Å². The van der Waals surface area contributed by atoms with Crippen molar-refractivity contribution in [1.29, 1.82) is 5.26 Å². The lowest BCUT2D eigenvalue weighted by Crippen LogP contribution is -2.08. The number of hydrogen-bond donors (Lipinski definition) is 2. The Labute approximate surface area is 88.0 Å². The van der Waals surface area contributed by atoms with Gasteiger partial charge in [0.05, 0.1) is 11.3 Å². The van der Waals surface area contributed by atoms with Gasteiger partial charge < -0.3 is 5.43 Å². The summed E-state index contributed by atoms with van der Waals surface area (Å²) in [7, 11) is 0. The van der Waals surface area contributed by atoms with Gasteiger partial charge in [0.1, 0.15) is 6.07 Å². The molecule has 0 radical (unpaired) electrons. The molecule has 0 saturated heterocycles. The second kappa shape index (κ2) is 4.42. The first-order valence-corrected chi connectivity index (χ1v) is 4.54. The van der Waals surface area contributed by atoms with E-state index in [9.17, 15) is 13.2 Å². The van der Waals surface area contributed by atoms with Crippen molar-refractivity contribution < 1.29 is 13.2 Å². The highest BCUT2D eigenvalue weighted by molar-refractivity contribution is 8.00. The number of hydrogen-bond acceptors (Lipinski definition) is 4. The van der Waals surface area contributed by atoms with Gasteiger partial charge in [0.25, 0.3) is 0 Å². The van der Waals surface area contributed by atoms with Crippen LogP contribution in [0.25, 0.3) is 0 Å². The summed E-state index contributed by atoms with van der Waals surface area (Å²) in [6.45, 7) is 0. The van der Waals surface area contributed by atoms with Gasteiger partial charge >= 0.3 is 5.51 Å². The first-order chi connectivity index (χ1) is 6.96. The van der Waals surface area contributed by atoms with E-state index in [0.29, 0.717) is 0 Å². The van der Waals surface area contributed by atoms with E-state index in [1.54, 1.807) is 6.07 Å². The molecule has 0 fully saturated rings. The Balaban J connectivity index is 3.00. The molecule has 0 spiro atoms. The Morgan fingerprint density at radius 2 is 2.07 bits per heavy atom. The summed E-state index contributed by atoms with van der Waals surface area (Å²) in [4.78, 5) is -0.0190. The number of nitrogen functional groups attached to an aromatic ring is 1. The fourth-order valence-corrected chi connectivity index (χ4v) is 1.52. The van der Waals surface area contributed by atoms with E-state index in [1.165, 1.54) is 18.2 Å². The first-order valence-electron chi connectivity index (χ1n) is 3.73. The second-order valence-electron chi connectivity index (χ2n) is 2.51. The molecule has 1 aromatic rings. The largest absolute Gasteiger partial charge is 0.446 e. The predicted molar refractivity (Wildman–Crippen MR) is 50.9 cm³/mol. The number of anilines is 1. The van der Waals surface area contributed by atoms with Crippen LogP contribution in [0.15, 0.2) is 23.1 Å². The van der Waals surface area contributed by atoms with Crippen LogP contribution in [0.1, 0.15) is 5.56 Å². The van der Waals surface area contributed by atoms with Crippen molar-refractivity contribution in [1.82, 2.24) is 0 Å². The van der Waals surface area contributed by atoms with E-state index in [1.807, 2.05) is 0 Å². The summed E-state index contributed by atoms with van der Waals surface area (Å²) in [6, 6.07) is 5.48. The quantitative estimate of drug-likeness (QED) is 0.468. The Morgan fingerprint density at radius 1 is 1.40 bits per heavy atom. The maximum absolute atomic E-state index is 12.0. The van der Waals surface area contributed by atoms with E-state index in [2.05, 4.69) is 5.43 Å². The van der Waals surface area contributed by atoms with Crippen LogP contribution in [0.5, 0.6) is 0 Å². The molecule has 0 saturated carbocycles. The number of benzene rings is 1. The lowest BCUT2D eigenvalue weighted by atomic mass is 10.2. The molecule has 0 aromatic heterocycles. The number of alkyl halides is 3. The molecule has 7 heteroatoms. The number of nitrogens with zero attached hydrogens (tertiary/aromatic N) is 1. The van der Waals surface area contributed by atoms with Crippen LogP contribution in [0.4, 0.5) is 18.9 Å². The third kappa shape index (κ3) is 3.34. The molecule has 0 aliphatic carbocycles. The smallest absolute Gasteiger partial charge is 0.323 e. The average Bonchev–Trinajstić information content (AvgIpc) is 2.15. The van der Waals surface area contributed by atoms with Gasteiger partial charge in [-0.25, -0.2) is 0 Å². The molecular weight excluding hydrogens is 227 g/mol. The summed E-state index contributed by atoms with van der Waals surface area (Å²) >= 11 is -0.255.